The van der Waals surface area contributed by atoms with Gasteiger partial charge in [0.25, 0.3) is 0 Å². The second-order valence-electron chi connectivity index (χ2n) is 4.58. The Morgan fingerprint density at radius 1 is 1.33 bits per heavy atom. The van der Waals surface area contributed by atoms with E-state index in [2.05, 4.69) is 5.10 Å². The number of halogens is 5. The van der Waals surface area contributed by atoms with Crippen LogP contribution in [0.15, 0.2) is 17.0 Å². The molecule has 0 saturated heterocycles. The molecular weight excluding hydrogens is 408 g/mol. The summed E-state index contributed by atoms with van der Waals surface area (Å²) >= 11 is 16.7. The molecule has 0 bridgehead atoms. The Hall–Kier alpha value is -1.36. The third kappa shape index (κ3) is 3.37. The summed E-state index contributed by atoms with van der Waals surface area (Å²) in [6, 6.07) is 1.37. The fourth-order valence-electron chi connectivity index (χ4n) is 1.96. The first-order valence-corrected chi connectivity index (χ1v) is 8.75. The molecule has 0 saturated carbocycles. The lowest BCUT2D eigenvalue weighted by atomic mass is 10.2. The molecule has 0 amide bonds. The second kappa shape index (κ2) is 6.51. The van der Waals surface area contributed by atoms with E-state index in [0.29, 0.717) is 12.1 Å². The molecule has 0 spiro atoms. The van der Waals surface area contributed by atoms with Gasteiger partial charge in [0.1, 0.15) is 27.1 Å². The standard InChI is InChI=1S/C12H9Cl2F3N4OS2/c1-24(22)9-7(11(19)23)20-21(10(9)18)8-5(13)2-4(3-6(8)14)12(15,16)17/h2-3H,18H2,1H3,(H2,19,23). The van der Waals surface area contributed by atoms with Gasteiger partial charge in [-0.15, -0.1) is 0 Å². The Kier molecular flexibility index (Phi) is 5.14. The van der Waals surface area contributed by atoms with Crippen molar-refractivity contribution >= 4 is 57.0 Å². The zero-order valence-electron chi connectivity index (χ0n) is 11.8. The maximum absolute atomic E-state index is 12.8. The van der Waals surface area contributed by atoms with Gasteiger partial charge in [0.2, 0.25) is 0 Å². The van der Waals surface area contributed by atoms with Gasteiger partial charge in [-0.05, 0) is 12.1 Å². The summed E-state index contributed by atoms with van der Waals surface area (Å²) in [6.45, 7) is 0. The first-order chi connectivity index (χ1) is 10.9. The number of nitrogens with zero attached hydrogens (tertiary/aromatic N) is 2. The summed E-state index contributed by atoms with van der Waals surface area (Å²) in [5.41, 5.74) is 10.3. The fourth-order valence-corrected chi connectivity index (χ4v) is 3.62. The molecule has 4 N–H and O–H groups in total. The van der Waals surface area contributed by atoms with E-state index in [9.17, 15) is 17.4 Å². The lowest BCUT2D eigenvalue weighted by Gasteiger charge is -2.13. The fraction of sp³-hybridized carbons (Fsp3) is 0.167. The summed E-state index contributed by atoms with van der Waals surface area (Å²) in [5.74, 6) is -0.137. The zero-order chi connectivity index (χ0) is 18.4. The normalized spacial score (nSPS) is 13.1. The molecule has 2 rings (SSSR count). The summed E-state index contributed by atoms with van der Waals surface area (Å²) in [7, 11) is -1.60. The van der Waals surface area contributed by atoms with Gasteiger partial charge in [0.15, 0.2) is 0 Å². The first-order valence-electron chi connectivity index (χ1n) is 6.03. The molecule has 24 heavy (non-hydrogen) atoms. The minimum atomic E-state index is -4.62. The zero-order valence-corrected chi connectivity index (χ0v) is 15.0. The minimum absolute atomic E-state index is 0.0182. The summed E-state index contributed by atoms with van der Waals surface area (Å²) in [4.78, 5) is -0.126. The summed E-state index contributed by atoms with van der Waals surface area (Å²) in [6.07, 6.45) is -3.29. The van der Waals surface area contributed by atoms with Gasteiger partial charge >= 0.3 is 6.18 Å². The number of hydrogen-bond acceptors (Lipinski definition) is 4. The van der Waals surface area contributed by atoms with Crippen LogP contribution >= 0.6 is 35.4 Å². The number of anilines is 1. The van der Waals surface area contributed by atoms with Gasteiger partial charge in [-0.25, -0.2) is 4.68 Å². The SMILES string of the molecule is CS(=O)c1c(C(N)=S)nn(-c2c(Cl)cc(C(F)(F)F)cc2Cl)c1N. The molecule has 1 aromatic heterocycles. The van der Waals surface area contributed by atoms with E-state index in [-0.39, 0.29) is 37.1 Å². The number of nitrogens with two attached hydrogens (primary N) is 2. The van der Waals surface area contributed by atoms with E-state index in [1.807, 2.05) is 0 Å². The minimum Gasteiger partial charge on any atom is -0.388 e. The van der Waals surface area contributed by atoms with Crippen LogP contribution in [-0.4, -0.2) is 25.2 Å². The van der Waals surface area contributed by atoms with Gasteiger partial charge < -0.3 is 11.5 Å². The topological polar surface area (TPSA) is 86.9 Å². The van der Waals surface area contributed by atoms with Crippen LogP contribution in [0.1, 0.15) is 11.3 Å². The Morgan fingerprint density at radius 3 is 2.17 bits per heavy atom. The van der Waals surface area contributed by atoms with Gasteiger partial charge in [-0.1, -0.05) is 35.4 Å². The third-order valence-corrected chi connectivity index (χ3v) is 4.70. The molecule has 2 aromatic rings. The van der Waals surface area contributed by atoms with Gasteiger partial charge in [-0.2, -0.15) is 18.3 Å². The highest BCUT2D eigenvalue weighted by atomic mass is 35.5. The van der Waals surface area contributed by atoms with E-state index in [4.69, 9.17) is 46.9 Å². The van der Waals surface area contributed by atoms with E-state index in [1.165, 1.54) is 6.26 Å². The molecule has 1 heterocycles. The molecule has 1 unspecified atom stereocenters. The number of hydrogen-bond donors (Lipinski definition) is 2. The molecular formula is C12H9Cl2F3N4OS2. The molecule has 0 radical (unpaired) electrons. The number of nitrogen functional groups attached to an aromatic ring is 1. The van der Waals surface area contributed by atoms with Crippen LogP contribution in [-0.2, 0) is 17.0 Å². The van der Waals surface area contributed by atoms with Crippen LogP contribution in [0.4, 0.5) is 19.0 Å². The number of aromatic nitrogens is 2. The van der Waals surface area contributed by atoms with Crippen molar-refractivity contribution < 1.29 is 17.4 Å². The largest absolute Gasteiger partial charge is 0.416 e. The van der Waals surface area contributed by atoms with Crippen LogP contribution in [0.25, 0.3) is 5.69 Å². The smallest absolute Gasteiger partial charge is 0.388 e. The number of rotatable bonds is 3. The Bertz CT molecular complexity index is 844. The van der Waals surface area contributed by atoms with Crippen LogP contribution in [0.5, 0.6) is 0 Å². The Balaban J connectivity index is 2.77. The number of benzene rings is 1. The lowest BCUT2D eigenvalue weighted by Crippen LogP contribution is -2.13. The summed E-state index contributed by atoms with van der Waals surface area (Å²) in [5, 5.41) is 3.31. The molecule has 0 aliphatic rings. The van der Waals surface area contributed by atoms with E-state index in [1.54, 1.807) is 0 Å². The molecule has 1 aromatic carbocycles. The van der Waals surface area contributed by atoms with E-state index in [0.717, 1.165) is 4.68 Å². The second-order valence-corrected chi connectivity index (χ2v) is 7.15. The quantitative estimate of drug-likeness (QED) is 0.750. The van der Waals surface area contributed by atoms with Crippen LogP contribution in [0.3, 0.4) is 0 Å². The average Bonchev–Trinajstić information content (AvgIpc) is 2.75. The molecule has 5 nitrogen and oxygen atoms in total. The monoisotopic (exact) mass is 416 g/mol. The maximum Gasteiger partial charge on any atom is 0.416 e. The predicted molar refractivity (Wildman–Crippen MR) is 91.2 cm³/mol. The van der Waals surface area contributed by atoms with Crippen LogP contribution in [0, 0.1) is 0 Å². The number of alkyl halides is 3. The molecule has 0 aliphatic carbocycles. The predicted octanol–water partition coefficient (Wildman–Crippen LogP) is 3.15. The molecule has 130 valence electrons. The van der Waals surface area contributed by atoms with Crippen molar-refractivity contribution in [2.24, 2.45) is 5.73 Å². The third-order valence-electron chi connectivity index (χ3n) is 2.95. The first kappa shape index (κ1) is 19.0. The molecule has 0 fully saturated rings. The average molecular weight is 417 g/mol. The maximum atomic E-state index is 12.8. The van der Waals surface area contributed by atoms with Crippen molar-refractivity contribution in [1.82, 2.24) is 9.78 Å². The van der Waals surface area contributed by atoms with Gasteiger partial charge in [0, 0.05) is 6.26 Å². The molecule has 12 heteroatoms. The van der Waals surface area contributed by atoms with Crippen molar-refractivity contribution in [3.8, 4) is 5.69 Å². The highest BCUT2D eigenvalue weighted by Gasteiger charge is 2.33. The van der Waals surface area contributed by atoms with Gasteiger partial charge in [0.05, 0.1) is 26.4 Å². The molecule has 0 aliphatic heterocycles. The van der Waals surface area contributed by atoms with Crippen molar-refractivity contribution in [3.63, 3.8) is 0 Å². The van der Waals surface area contributed by atoms with Gasteiger partial charge in [-0.3, -0.25) is 4.21 Å². The summed E-state index contributed by atoms with van der Waals surface area (Å²) < 4.78 is 51.2. The number of thiocarbonyl (C=S) groups is 1. The lowest BCUT2D eigenvalue weighted by molar-refractivity contribution is -0.137. The molecule has 1 atom stereocenters. The van der Waals surface area contributed by atoms with Crippen molar-refractivity contribution in [2.75, 3.05) is 12.0 Å². The van der Waals surface area contributed by atoms with E-state index >= 15 is 0 Å². The highest BCUT2D eigenvalue weighted by Crippen LogP contribution is 2.38. The van der Waals surface area contributed by atoms with Crippen molar-refractivity contribution in [3.05, 3.63) is 33.4 Å². The van der Waals surface area contributed by atoms with E-state index < -0.39 is 22.5 Å². The van der Waals surface area contributed by atoms with Crippen LogP contribution in [0.2, 0.25) is 10.0 Å². The van der Waals surface area contributed by atoms with Crippen molar-refractivity contribution in [1.29, 1.82) is 0 Å². The Labute approximate surface area is 152 Å². The Morgan fingerprint density at radius 2 is 1.83 bits per heavy atom. The van der Waals surface area contributed by atoms with Crippen LogP contribution < -0.4 is 11.5 Å². The highest BCUT2D eigenvalue weighted by molar-refractivity contribution is 7.85. The van der Waals surface area contributed by atoms with Crippen molar-refractivity contribution in [2.45, 2.75) is 11.1 Å².